The Hall–Kier alpha value is -0.0800. The minimum absolute atomic E-state index is 0.593. The van der Waals surface area contributed by atoms with Crippen LogP contribution in [0.1, 0.15) is 52.4 Å². The lowest BCUT2D eigenvalue weighted by Gasteiger charge is -2.34. The number of nitrogens with two attached hydrogens (primary N) is 1. The normalized spacial score (nSPS) is 22.5. The Bertz CT molecular complexity index is 144. The van der Waals surface area contributed by atoms with E-state index in [1.54, 1.807) is 0 Å². The van der Waals surface area contributed by atoms with E-state index in [1.165, 1.54) is 32.1 Å². The summed E-state index contributed by atoms with van der Waals surface area (Å²) in [5.41, 5.74) is 6.05. The van der Waals surface area contributed by atoms with E-state index in [9.17, 15) is 0 Å². The van der Waals surface area contributed by atoms with Crippen LogP contribution in [0.15, 0.2) is 0 Å². The molecule has 0 amide bonds. The SMILES string of the molecule is CC1(C)CCC(NCCCCN)CC1. The number of hydrogen-bond donors (Lipinski definition) is 2. The summed E-state index contributed by atoms with van der Waals surface area (Å²) in [5.74, 6) is 0. The first kappa shape index (κ1) is 12.0. The molecule has 0 aromatic carbocycles. The summed E-state index contributed by atoms with van der Waals surface area (Å²) in [6.07, 6.45) is 7.86. The molecule has 14 heavy (non-hydrogen) atoms. The smallest absolute Gasteiger partial charge is 0.00674 e. The van der Waals surface area contributed by atoms with Crippen LogP contribution in [0.2, 0.25) is 0 Å². The van der Waals surface area contributed by atoms with E-state index in [4.69, 9.17) is 5.73 Å². The van der Waals surface area contributed by atoms with Crippen LogP contribution in [-0.2, 0) is 0 Å². The number of hydrogen-bond acceptors (Lipinski definition) is 2. The van der Waals surface area contributed by atoms with Crippen LogP contribution in [0.5, 0.6) is 0 Å². The molecule has 1 rings (SSSR count). The van der Waals surface area contributed by atoms with E-state index in [-0.39, 0.29) is 0 Å². The molecule has 0 radical (unpaired) electrons. The highest BCUT2D eigenvalue weighted by Gasteiger charge is 2.25. The molecule has 0 atom stereocenters. The Morgan fingerprint density at radius 2 is 1.86 bits per heavy atom. The highest BCUT2D eigenvalue weighted by Crippen LogP contribution is 2.34. The molecule has 1 saturated carbocycles. The van der Waals surface area contributed by atoms with Crippen molar-refractivity contribution < 1.29 is 0 Å². The van der Waals surface area contributed by atoms with Gasteiger partial charge in [0.05, 0.1) is 0 Å². The van der Waals surface area contributed by atoms with Gasteiger partial charge in [-0.05, 0) is 57.0 Å². The lowest BCUT2D eigenvalue weighted by atomic mass is 9.75. The van der Waals surface area contributed by atoms with Crippen molar-refractivity contribution in [3.8, 4) is 0 Å². The second-order valence-corrected chi connectivity index (χ2v) is 5.39. The van der Waals surface area contributed by atoms with Gasteiger partial charge in [-0.25, -0.2) is 0 Å². The Labute approximate surface area is 88.6 Å². The van der Waals surface area contributed by atoms with Gasteiger partial charge in [0.2, 0.25) is 0 Å². The van der Waals surface area contributed by atoms with Gasteiger partial charge in [-0.3, -0.25) is 0 Å². The fourth-order valence-corrected chi connectivity index (χ4v) is 2.18. The van der Waals surface area contributed by atoms with Gasteiger partial charge in [0, 0.05) is 6.04 Å². The van der Waals surface area contributed by atoms with E-state index in [2.05, 4.69) is 19.2 Å². The van der Waals surface area contributed by atoms with E-state index < -0.39 is 0 Å². The van der Waals surface area contributed by atoms with Crippen molar-refractivity contribution in [1.29, 1.82) is 0 Å². The third-order valence-electron chi connectivity index (χ3n) is 3.40. The van der Waals surface area contributed by atoms with Gasteiger partial charge in [-0.2, -0.15) is 0 Å². The van der Waals surface area contributed by atoms with Gasteiger partial charge in [-0.1, -0.05) is 13.8 Å². The standard InChI is InChI=1S/C12H26N2/c1-12(2)7-5-11(6-8-12)14-10-4-3-9-13/h11,14H,3-10,13H2,1-2H3. The lowest BCUT2D eigenvalue weighted by molar-refractivity contribution is 0.206. The van der Waals surface area contributed by atoms with Crippen LogP contribution < -0.4 is 11.1 Å². The Morgan fingerprint density at radius 3 is 2.43 bits per heavy atom. The average Bonchev–Trinajstić information content (AvgIpc) is 2.15. The maximum absolute atomic E-state index is 5.46. The maximum Gasteiger partial charge on any atom is 0.00674 e. The summed E-state index contributed by atoms with van der Waals surface area (Å²) < 4.78 is 0. The fourth-order valence-electron chi connectivity index (χ4n) is 2.18. The minimum atomic E-state index is 0.593. The van der Waals surface area contributed by atoms with E-state index in [0.717, 1.165) is 25.6 Å². The van der Waals surface area contributed by atoms with Crippen LogP contribution in [0.4, 0.5) is 0 Å². The molecule has 3 N–H and O–H groups in total. The predicted octanol–water partition coefficient (Wildman–Crippen LogP) is 2.28. The first-order valence-electron chi connectivity index (χ1n) is 6.07. The molecule has 0 heterocycles. The Kier molecular flexibility index (Phi) is 4.90. The topological polar surface area (TPSA) is 38.0 Å². The van der Waals surface area contributed by atoms with Crippen molar-refractivity contribution in [1.82, 2.24) is 5.32 Å². The largest absolute Gasteiger partial charge is 0.330 e. The minimum Gasteiger partial charge on any atom is -0.330 e. The molecule has 0 spiro atoms. The highest BCUT2D eigenvalue weighted by atomic mass is 14.9. The molecular formula is C12H26N2. The molecule has 2 nitrogen and oxygen atoms in total. The van der Waals surface area contributed by atoms with Gasteiger partial charge in [0.1, 0.15) is 0 Å². The van der Waals surface area contributed by atoms with Gasteiger partial charge in [0.25, 0.3) is 0 Å². The molecule has 2 heteroatoms. The average molecular weight is 198 g/mol. The molecular weight excluding hydrogens is 172 g/mol. The number of rotatable bonds is 5. The summed E-state index contributed by atoms with van der Waals surface area (Å²) in [4.78, 5) is 0. The molecule has 0 unspecified atom stereocenters. The molecule has 0 saturated heterocycles. The molecule has 1 aliphatic carbocycles. The second kappa shape index (κ2) is 5.72. The maximum atomic E-state index is 5.46. The first-order valence-corrected chi connectivity index (χ1v) is 6.07. The Morgan fingerprint density at radius 1 is 1.21 bits per heavy atom. The quantitative estimate of drug-likeness (QED) is 0.665. The number of unbranched alkanes of at least 4 members (excludes halogenated alkanes) is 1. The molecule has 1 aliphatic rings. The third-order valence-corrected chi connectivity index (χ3v) is 3.40. The summed E-state index contributed by atoms with van der Waals surface area (Å²) >= 11 is 0. The monoisotopic (exact) mass is 198 g/mol. The van der Waals surface area contributed by atoms with Gasteiger partial charge in [-0.15, -0.1) is 0 Å². The van der Waals surface area contributed by atoms with Crippen LogP contribution in [0.25, 0.3) is 0 Å². The molecule has 0 aliphatic heterocycles. The second-order valence-electron chi connectivity index (χ2n) is 5.39. The summed E-state index contributed by atoms with van der Waals surface area (Å²) in [5, 5.41) is 3.64. The van der Waals surface area contributed by atoms with Gasteiger partial charge in [0.15, 0.2) is 0 Å². The molecule has 84 valence electrons. The fraction of sp³-hybridized carbons (Fsp3) is 1.00. The van der Waals surface area contributed by atoms with Crippen molar-refractivity contribution in [2.45, 2.75) is 58.4 Å². The van der Waals surface area contributed by atoms with Crippen LogP contribution in [0, 0.1) is 5.41 Å². The van der Waals surface area contributed by atoms with Crippen LogP contribution in [0.3, 0.4) is 0 Å². The third kappa shape index (κ3) is 4.43. The first-order chi connectivity index (χ1) is 6.64. The Balaban J connectivity index is 2.04. The van der Waals surface area contributed by atoms with E-state index >= 15 is 0 Å². The highest BCUT2D eigenvalue weighted by molar-refractivity contribution is 4.81. The molecule has 1 fully saturated rings. The molecule has 0 aromatic rings. The zero-order chi connectivity index (χ0) is 10.4. The van der Waals surface area contributed by atoms with Crippen molar-refractivity contribution in [2.75, 3.05) is 13.1 Å². The van der Waals surface area contributed by atoms with Gasteiger partial charge < -0.3 is 11.1 Å². The van der Waals surface area contributed by atoms with Crippen LogP contribution in [-0.4, -0.2) is 19.1 Å². The summed E-state index contributed by atoms with van der Waals surface area (Å²) in [6, 6.07) is 0.779. The van der Waals surface area contributed by atoms with E-state index in [0.29, 0.717) is 5.41 Å². The van der Waals surface area contributed by atoms with Gasteiger partial charge >= 0.3 is 0 Å². The summed E-state index contributed by atoms with van der Waals surface area (Å²) in [6.45, 7) is 6.76. The van der Waals surface area contributed by atoms with Crippen LogP contribution >= 0.6 is 0 Å². The number of nitrogens with one attached hydrogen (secondary N) is 1. The zero-order valence-electron chi connectivity index (χ0n) is 9.81. The lowest BCUT2D eigenvalue weighted by Crippen LogP contribution is -2.36. The van der Waals surface area contributed by atoms with Crippen molar-refractivity contribution in [3.05, 3.63) is 0 Å². The van der Waals surface area contributed by atoms with Crippen molar-refractivity contribution >= 4 is 0 Å². The van der Waals surface area contributed by atoms with Crippen molar-refractivity contribution in [2.24, 2.45) is 11.1 Å². The van der Waals surface area contributed by atoms with E-state index in [1.807, 2.05) is 0 Å². The zero-order valence-corrected chi connectivity index (χ0v) is 9.81. The predicted molar refractivity (Wildman–Crippen MR) is 62.3 cm³/mol. The van der Waals surface area contributed by atoms with Crippen molar-refractivity contribution in [3.63, 3.8) is 0 Å². The molecule has 0 aromatic heterocycles. The summed E-state index contributed by atoms with van der Waals surface area (Å²) in [7, 11) is 0. The molecule has 0 bridgehead atoms.